The molecule has 0 spiro atoms. The molecule has 0 amide bonds. The molecular weight excluding hydrogens is 359 g/mol. The van der Waals surface area contributed by atoms with Crippen molar-refractivity contribution in [2.75, 3.05) is 0 Å². The van der Waals surface area contributed by atoms with Crippen molar-refractivity contribution in [2.24, 2.45) is 0 Å². The molecule has 0 aromatic rings. The number of rotatable bonds is 12. The quantitative estimate of drug-likeness (QED) is 0.279. The number of carbonyl (C=O) groups excluding carboxylic acids is 1. The molecular formula is C17H37O6PSi. The van der Waals surface area contributed by atoms with Gasteiger partial charge in [-0.1, -0.05) is 47.0 Å². The van der Waals surface area contributed by atoms with Crippen molar-refractivity contribution >= 4 is 21.9 Å². The summed E-state index contributed by atoms with van der Waals surface area (Å²) in [5.74, 6) is -0.925. The van der Waals surface area contributed by atoms with Gasteiger partial charge < -0.3 is 18.9 Å². The third kappa shape index (κ3) is 6.79. The number of hydrogen-bond donors (Lipinski definition) is 2. The summed E-state index contributed by atoms with van der Waals surface area (Å²) in [6.45, 7) is 13.2. The first-order valence-electron chi connectivity index (χ1n) is 9.32. The summed E-state index contributed by atoms with van der Waals surface area (Å²) >= 11 is 0. The highest BCUT2D eigenvalue weighted by atomic mass is 31.2. The smallest absolute Gasteiger partial charge is 0.367 e. The zero-order valence-corrected chi connectivity index (χ0v) is 18.8. The topological polar surface area (TPSA) is 93.1 Å². The van der Waals surface area contributed by atoms with E-state index in [1.807, 2.05) is 26.9 Å². The van der Waals surface area contributed by atoms with Crippen LogP contribution in [-0.2, 0) is 18.5 Å². The van der Waals surface area contributed by atoms with E-state index in [4.69, 9.17) is 9.16 Å². The van der Waals surface area contributed by atoms with Crippen LogP contribution in [0, 0.1) is 0 Å². The molecule has 1 unspecified atom stereocenters. The molecule has 0 aliphatic heterocycles. The van der Waals surface area contributed by atoms with Gasteiger partial charge in [0.2, 0.25) is 0 Å². The first kappa shape index (κ1) is 24.8. The Hall–Kier alpha value is -0.203. The molecule has 0 aliphatic carbocycles. The number of unbranched alkanes of at least 4 members (excludes halogenated alkanes) is 1. The van der Waals surface area contributed by atoms with Crippen molar-refractivity contribution in [1.82, 2.24) is 0 Å². The van der Waals surface area contributed by atoms with Gasteiger partial charge in [0.25, 0.3) is 5.34 Å². The average molecular weight is 397 g/mol. The number of carbonyl (C=O) groups is 1. The van der Waals surface area contributed by atoms with E-state index in [9.17, 15) is 19.1 Å². The van der Waals surface area contributed by atoms with Crippen LogP contribution in [-0.4, -0.2) is 35.0 Å². The molecule has 0 saturated heterocycles. The summed E-state index contributed by atoms with van der Waals surface area (Å²) in [5.41, 5.74) is -0.760. The first-order chi connectivity index (χ1) is 11.3. The van der Waals surface area contributed by atoms with Crippen molar-refractivity contribution in [3.63, 3.8) is 0 Å². The predicted molar refractivity (Wildman–Crippen MR) is 103 cm³/mol. The average Bonchev–Trinajstić information content (AvgIpc) is 2.51. The molecule has 0 aromatic carbocycles. The predicted octanol–water partition coefficient (Wildman–Crippen LogP) is 4.80. The second-order valence-electron chi connectivity index (χ2n) is 7.59. The fourth-order valence-electron chi connectivity index (χ4n) is 2.67. The van der Waals surface area contributed by atoms with Gasteiger partial charge in [-0.3, -0.25) is 4.57 Å². The molecule has 0 radical (unpaired) electrons. The lowest BCUT2D eigenvalue weighted by molar-refractivity contribution is -0.173. The third-order valence-electron chi connectivity index (χ3n) is 4.79. The standard InChI is InChI=1S/C17H37O6PSi/c1-8-12-14-25(6,7)23-17(13-9-2,24(19,20)21)15(18)22-16(5,10-3)11-4/h8-14H2,1-7H3,(H2,19,20,21). The second kappa shape index (κ2) is 9.65. The largest absolute Gasteiger partial charge is 0.457 e. The highest BCUT2D eigenvalue weighted by molar-refractivity contribution is 7.54. The van der Waals surface area contributed by atoms with Crippen LogP contribution in [0.25, 0.3) is 0 Å². The van der Waals surface area contributed by atoms with Gasteiger partial charge in [-0.2, -0.15) is 0 Å². The van der Waals surface area contributed by atoms with Gasteiger partial charge in [-0.05, 0) is 45.3 Å². The molecule has 0 aromatic heterocycles. The zero-order valence-electron chi connectivity index (χ0n) is 16.9. The molecule has 0 saturated carbocycles. The summed E-state index contributed by atoms with van der Waals surface area (Å²) in [6, 6.07) is 0.737. The maximum Gasteiger partial charge on any atom is 0.367 e. The van der Waals surface area contributed by atoms with Crippen LogP contribution in [0.3, 0.4) is 0 Å². The van der Waals surface area contributed by atoms with Crippen molar-refractivity contribution in [2.45, 2.75) is 103 Å². The lowest BCUT2D eigenvalue weighted by atomic mass is 10.00. The Labute approximate surface area is 154 Å². The minimum absolute atomic E-state index is 0.0534. The van der Waals surface area contributed by atoms with Crippen LogP contribution in [0.1, 0.15) is 73.1 Å². The van der Waals surface area contributed by atoms with E-state index >= 15 is 0 Å². The van der Waals surface area contributed by atoms with E-state index in [1.165, 1.54) is 0 Å². The Morgan fingerprint density at radius 2 is 1.60 bits per heavy atom. The van der Waals surface area contributed by atoms with Gasteiger partial charge in [-0.15, -0.1) is 0 Å². The van der Waals surface area contributed by atoms with Crippen LogP contribution in [0.2, 0.25) is 19.1 Å². The number of esters is 1. The Bertz CT molecular complexity index is 472. The summed E-state index contributed by atoms with van der Waals surface area (Å²) in [6.07, 6.45) is 3.35. The van der Waals surface area contributed by atoms with Gasteiger partial charge in [0.05, 0.1) is 0 Å². The van der Waals surface area contributed by atoms with Crippen LogP contribution in [0.15, 0.2) is 0 Å². The van der Waals surface area contributed by atoms with E-state index in [0.29, 0.717) is 19.3 Å². The van der Waals surface area contributed by atoms with Gasteiger partial charge >= 0.3 is 13.6 Å². The fourth-order valence-corrected chi connectivity index (χ4v) is 7.09. The summed E-state index contributed by atoms with van der Waals surface area (Å²) in [5, 5.41) is -2.20. The molecule has 6 nitrogen and oxygen atoms in total. The zero-order chi connectivity index (χ0) is 19.9. The van der Waals surface area contributed by atoms with E-state index < -0.39 is 32.8 Å². The molecule has 0 bridgehead atoms. The Morgan fingerprint density at radius 3 is 1.96 bits per heavy atom. The Morgan fingerprint density at radius 1 is 1.08 bits per heavy atom. The monoisotopic (exact) mass is 396 g/mol. The van der Waals surface area contributed by atoms with Gasteiger partial charge in [0, 0.05) is 0 Å². The molecule has 0 rings (SSSR count). The van der Waals surface area contributed by atoms with Crippen molar-refractivity contribution in [3.05, 3.63) is 0 Å². The maximum absolute atomic E-state index is 13.0. The SMILES string of the molecule is CCCC[Si](C)(C)OC(CCC)(C(=O)OC(C)(CC)CC)P(=O)(O)O. The molecule has 0 heterocycles. The number of hydrogen-bond acceptors (Lipinski definition) is 4. The highest BCUT2D eigenvalue weighted by Gasteiger charge is 2.59. The minimum atomic E-state index is -4.88. The second-order valence-corrected chi connectivity index (χ2v) is 13.6. The van der Waals surface area contributed by atoms with E-state index in [-0.39, 0.29) is 6.42 Å². The van der Waals surface area contributed by atoms with Gasteiger partial charge in [0.1, 0.15) is 5.60 Å². The Balaban J connectivity index is 5.90. The van der Waals surface area contributed by atoms with Gasteiger partial charge in [0.15, 0.2) is 8.32 Å². The molecule has 150 valence electrons. The number of ether oxygens (including phenoxy) is 1. The minimum Gasteiger partial charge on any atom is -0.457 e. The van der Waals surface area contributed by atoms with Crippen LogP contribution in [0.4, 0.5) is 0 Å². The molecule has 0 aliphatic rings. The molecule has 0 fully saturated rings. The lowest BCUT2D eigenvalue weighted by Gasteiger charge is -2.40. The van der Waals surface area contributed by atoms with Crippen LogP contribution < -0.4 is 0 Å². The normalized spacial score (nSPS) is 15.7. The fraction of sp³-hybridized carbons (Fsp3) is 0.941. The summed E-state index contributed by atoms with van der Waals surface area (Å²) in [4.78, 5) is 33.1. The summed E-state index contributed by atoms with van der Waals surface area (Å²) < 4.78 is 24.0. The van der Waals surface area contributed by atoms with Crippen LogP contribution >= 0.6 is 7.60 Å². The molecule has 2 N–H and O–H groups in total. The van der Waals surface area contributed by atoms with Crippen molar-refractivity contribution in [1.29, 1.82) is 0 Å². The highest BCUT2D eigenvalue weighted by Crippen LogP contribution is 2.56. The van der Waals surface area contributed by atoms with Gasteiger partial charge in [-0.25, -0.2) is 4.79 Å². The lowest BCUT2D eigenvalue weighted by Crippen LogP contribution is -2.52. The Kier molecular flexibility index (Phi) is 9.57. The van der Waals surface area contributed by atoms with Crippen molar-refractivity contribution in [3.8, 4) is 0 Å². The van der Waals surface area contributed by atoms with Crippen LogP contribution in [0.5, 0.6) is 0 Å². The first-order valence-corrected chi connectivity index (χ1v) is 14.0. The van der Waals surface area contributed by atoms with Crippen molar-refractivity contribution < 1.29 is 28.3 Å². The molecule has 8 heteroatoms. The molecule has 25 heavy (non-hydrogen) atoms. The van der Waals surface area contributed by atoms with E-state index in [1.54, 1.807) is 13.8 Å². The summed E-state index contributed by atoms with van der Waals surface area (Å²) in [7, 11) is -7.34. The van der Waals surface area contributed by atoms with E-state index in [2.05, 4.69) is 6.92 Å². The molecule has 1 atom stereocenters. The van der Waals surface area contributed by atoms with E-state index in [0.717, 1.165) is 18.9 Å². The maximum atomic E-state index is 13.0. The third-order valence-corrected chi connectivity index (χ3v) is 8.86.